The molecule has 5 heteroatoms. The van der Waals surface area contributed by atoms with Crippen LogP contribution in [0.1, 0.15) is 0 Å². The van der Waals surface area contributed by atoms with Gasteiger partial charge in [-0.3, -0.25) is 0 Å². The van der Waals surface area contributed by atoms with Gasteiger partial charge in [-0.1, -0.05) is 6.07 Å². The monoisotopic (exact) mass is 272 g/mol. The first-order chi connectivity index (χ1) is 9.72. The number of imidazole rings is 1. The lowest BCUT2D eigenvalue weighted by Gasteiger charge is -2.08. The molecule has 3 rings (SSSR count). The summed E-state index contributed by atoms with van der Waals surface area (Å²) in [6.07, 6.45) is 0. The molecule has 0 saturated carbocycles. The van der Waals surface area contributed by atoms with Crippen LogP contribution in [0.2, 0.25) is 0 Å². The van der Waals surface area contributed by atoms with E-state index in [0.717, 1.165) is 5.56 Å². The normalized spacial score (nSPS) is 10.8. The molecule has 0 unspecified atom stereocenters. The highest BCUT2D eigenvalue weighted by Gasteiger charge is 2.11. The molecule has 3 aromatic rings. The Balaban J connectivity index is 2.13. The molecule has 0 aliphatic carbocycles. The second-order valence-corrected chi connectivity index (χ2v) is 4.29. The fraction of sp³-hybridized carbons (Fsp3) is 0.133. The second kappa shape index (κ2) is 4.85. The van der Waals surface area contributed by atoms with E-state index in [1.165, 1.54) is 6.07 Å². The zero-order chi connectivity index (χ0) is 14.1. The minimum Gasteiger partial charge on any atom is -0.493 e. The van der Waals surface area contributed by atoms with E-state index in [2.05, 4.69) is 9.97 Å². The predicted molar refractivity (Wildman–Crippen MR) is 74.6 cm³/mol. The summed E-state index contributed by atoms with van der Waals surface area (Å²) in [6.45, 7) is 0. The fourth-order valence-corrected chi connectivity index (χ4v) is 2.12. The van der Waals surface area contributed by atoms with Crippen molar-refractivity contribution in [3.63, 3.8) is 0 Å². The average molecular weight is 272 g/mol. The van der Waals surface area contributed by atoms with Gasteiger partial charge in [0.15, 0.2) is 17.3 Å². The van der Waals surface area contributed by atoms with Gasteiger partial charge in [-0.15, -0.1) is 0 Å². The minimum atomic E-state index is -0.342. The van der Waals surface area contributed by atoms with E-state index < -0.39 is 0 Å². The Hall–Kier alpha value is -2.56. The van der Waals surface area contributed by atoms with Crippen LogP contribution in [-0.4, -0.2) is 24.2 Å². The quantitative estimate of drug-likeness (QED) is 0.795. The van der Waals surface area contributed by atoms with E-state index >= 15 is 0 Å². The number of aromatic amines is 1. The summed E-state index contributed by atoms with van der Waals surface area (Å²) >= 11 is 0. The number of methoxy groups -OCH3 is 2. The van der Waals surface area contributed by atoms with E-state index in [9.17, 15) is 4.39 Å². The number of rotatable bonds is 3. The molecule has 0 radical (unpaired) electrons. The SMILES string of the molecule is COc1ccc(-c2nc3c(F)cccc3[nH]2)cc1OC. The van der Waals surface area contributed by atoms with Crippen molar-refractivity contribution in [1.82, 2.24) is 9.97 Å². The molecule has 1 heterocycles. The first-order valence-electron chi connectivity index (χ1n) is 6.09. The third kappa shape index (κ3) is 1.97. The zero-order valence-electron chi connectivity index (χ0n) is 11.1. The molecule has 0 fully saturated rings. The lowest BCUT2D eigenvalue weighted by atomic mass is 10.2. The molecule has 0 aliphatic heterocycles. The summed E-state index contributed by atoms with van der Waals surface area (Å²) in [5.41, 5.74) is 1.80. The van der Waals surface area contributed by atoms with Crippen molar-refractivity contribution in [1.29, 1.82) is 0 Å². The molecule has 0 bridgehead atoms. The Labute approximate surface area is 115 Å². The van der Waals surface area contributed by atoms with Crippen molar-refractivity contribution in [2.24, 2.45) is 0 Å². The first-order valence-corrected chi connectivity index (χ1v) is 6.09. The van der Waals surface area contributed by atoms with Crippen molar-refractivity contribution in [2.75, 3.05) is 14.2 Å². The maximum atomic E-state index is 13.7. The number of ether oxygens (including phenoxy) is 2. The van der Waals surface area contributed by atoms with Crippen molar-refractivity contribution in [3.8, 4) is 22.9 Å². The van der Waals surface area contributed by atoms with Gasteiger partial charge in [0.2, 0.25) is 0 Å². The van der Waals surface area contributed by atoms with Gasteiger partial charge in [-0.2, -0.15) is 0 Å². The van der Waals surface area contributed by atoms with Crippen molar-refractivity contribution in [3.05, 3.63) is 42.2 Å². The molecule has 4 nitrogen and oxygen atoms in total. The topological polar surface area (TPSA) is 47.1 Å². The number of nitrogens with zero attached hydrogens (tertiary/aromatic N) is 1. The van der Waals surface area contributed by atoms with Crippen LogP contribution in [-0.2, 0) is 0 Å². The Bertz CT molecular complexity index is 768. The summed E-state index contributed by atoms with van der Waals surface area (Å²) in [7, 11) is 3.15. The van der Waals surface area contributed by atoms with Crippen LogP contribution >= 0.6 is 0 Å². The first kappa shape index (κ1) is 12.5. The summed E-state index contributed by atoms with van der Waals surface area (Å²) in [5.74, 6) is 1.49. The summed E-state index contributed by atoms with van der Waals surface area (Å²) < 4.78 is 24.1. The molecule has 0 saturated heterocycles. The molecule has 1 aromatic heterocycles. The van der Waals surface area contributed by atoms with Gasteiger partial charge < -0.3 is 14.5 Å². The molecule has 20 heavy (non-hydrogen) atoms. The van der Waals surface area contributed by atoms with Gasteiger partial charge in [-0.05, 0) is 30.3 Å². The summed E-state index contributed by atoms with van der Waals surface area (Å²) in [6, 6.07) is 10.3. The Morgan fingerprint density at radius 1 is 1.05 bits per heavy atom. The van der Waals surface area contributed by atoms with Crippen LogP contribution in [0.25, 0.3) is 22.4 Å². The number of H-pyrrole nitrogens is 1. The highest BCUT2D eigenvalue weighted by Crippen LogP contribution is 2.32. The summed E-state index contributed by atoms with van der Waals surface area (Å²) in [4.78, 5) is 7.38. The number of hydrogen-bond acceptors (Lipinski definition) is 3. The molecule has 1 N–H and O–H groups in total. The fourth-order valence-electron chi connectivity index (χ4n) is 2.12. The maximum absolute atomic E-state index is 13.7. The molecule has 0 amide bonds. The Morgan fingerprint density at radius 3 is 2.55 bits per heavy atom. The third-order valence-electron chi connectivity index (χ3n) is 3.12. The second-order valence-electron chi connectivity index (χ2n) is 4.29. The zero-order valence-corrected chi connectivity index (χ0v) is 11.1. The van der Waals surface area contributed by atoms with Crippen LogP contribution < -0.4 is 9.47 Å². The van der Waals surface area contributed by atoms with Crippen molar-refractivity contribution >= 4 is 11.0 Å². The summed E-state index contributed by atoms with van der Waals surface area (Å²) in [5, 5.41) is 0. The van der Waals surface area contributed by atoms with Crippen LogP contribution in [0.4, 0.5) is 4.39 Å². The largest absolute Gasteiger partial charge is 0.493 e. The van der Waals surface area contributed by atoms with Gasteiger partial charge in [-0.25, -0.2) is 9.37 Å². The van der Waals surface area contributed by atoms with Crippen LogP contribution in [0.3, 0.4) is 0 Å². The molecule has 0 aliphatic rings. The van der Waals surface area contributed by atoms with E-state index in [-0.39, 0.29) is 5.82 Å². The number of para-hydroxylation sites is 1. The van der Waals surface area contributed by atoms with Gasteiger partial charge in [0.25, 0.3) is 0 Å². The molecule has 2 aromatic carbocycles. The minimum absolute atomic E-state index is 0.331. The lowest BCUT2D eigenvalue weighted by Crippen LogP contribution is -1.91. The standard InChI is InChI=1S/C15H13FN2O2/c1-19-12-7-6-9(8-13(12)20-2)15-17-11-5-3-4-10(16)14(11)18-15/h3-8H,1-2H3,(H,17,18). The molecule has 0 spiro atoms. The molecule has 102 valence electrons. The van der Waals surface area contributed by atoms with E-state index in [1.807, 2.05) is 6.07 Å². The smallest absolute Gasteiger partial charge is 0.161 e. The maximum Gasteiger partial charge on any atom is 0.161 e. The van der Waals surface area contributed by atoms with Gasteiger partial charge in [0, 0.05) is 5.56 Å². The highest BCUT2D eigenvalue weighted by atomic mass is 19.1. The van der Waals surface area contributed by atoms with E-state index in [1.54, 1.807) is 38.5 Å². The Kier molecular flexibility index (Phi) is 3.02. The molecular weight excluding hydrogens is 259 g/mol. The van der Waals surface area contributed by atoms with E-state index in [4.69, 9.17) is 9.47 Å². The molecular formula is C15H13FN2O2. The number of halogens is 1. The number of aromatic nitrogens is 2. The Morgan fingerprint density at radius 2 is 1.85 bits per heavy atom. The van der Waals surface area contributed by atoms with Crippen molar-refractivity contribution in [2.45, 2.75) is 0 Å². The van der Waals surface area contributed by atoms with Crippen LogP contribution in [0.5, 0.6) is 11.5 Å². The van der Waals surface area contributed by atoms with Gasteiger partial charge >= 0.3 is 0 Å². The van der Waals surface area contributed by atoms with E-state index in [0.29, 0.717) is 28.4 Å². The van der Waals surface area contributed by atoms with Gasteiger partial charge in [0.05, 0.1) is 19.7 Å². The number of fused-ring (bicyclic) bond motifs is 1. The lowest BCUT2D eigenvalue weighted by molar-refractivity contribution is 0.355. The third-order valence-corrected chi connectivity index (χ3v) is 3.12. The number of nitrogens with one attached hydrogen (secondary N) is 1. The highest BCUT2D eigenvalue weighted by molar-refractivity contribution is 5.80. The predicted octanol–water partition coefficient (Wildman–Crippen LogP) is 3.39. The van der Waals surface area contributed by atoms with Crippen LogP contribution in [0.15, 0.2) is 36.4 Å². The van der Waals surface area contributed by atoms with Gasteiger partial charge in [0.1, 0.15) is 11.3 Å². The number of hydrogen-bond donors (Lipinski definition) is 1. The number of benzene rings is 2. The molecule has 0 atom stereocenters. The van der Waals surface area contributed by atoms with Crippen molar-refractivity contribution < 1.29 is 13.9 Å². The van der Waals surface area contributed by atoms with Crippen LogP contribution in [0, 0.1) is 5.82 Å². The average Bonchev–Trinajstić information content (AvgIpc) is 2.92.